The summed E-state index contributed by atoms with van der Waals surface area (Å²) < 4.78 is 46.7. The molecule has 0 aliphatic carbocycles. The van der Waals surface area contributed by atoms with E-state index in [0.29, 0.717) is 11.3 Å². The zero-order valence-electron chi connectivity index (χ0n) is 19.3. The van der Waals surface area contributed by atoms with Crippen molar-refractivity contribution in [3.8, 4) is 5.75 Å². The molecule has 1 N–H and O–H groups in total. The van der Waals surface area contributed by atoms with E-state index >= 15 is 0 Å². The summed E-state index contributed by atoms with van der Waals surface area (Å²) in [5, 5.41) is 14.3. The molecule has 4 rings (SSSR count). The summed E-state index contributed by atoms with van der Waals surface area (Å²) in [6.45, 7) is 3.44. The fourth-order valence-electron chi connectivity index (χ4n) is 4.02. The Labute approximate surface area is 201 Å². The third kappa shape index (κ3) is 4.79. The molecule has 0 radical (unpaired) electrons. The number of rotatable bonds is 6. The fourth-order valence-corrected chi connectivity index (χ4v) is 4.02. The lowest BCUT2D eigenvalue weighted by atomic mass is 9.78. The van der Waals surface area contributed by atoms with Crippen LogP contribution in [0.2, 0.25) is 0 Å². The first-order valence-corrected chi connectivity index (χ1v) is 11.1. The van der Waals surface area contributed by atoms with E-state index in [2.05, 4.69) is 18.9 Å². The highest BCUT2D eigenvalue weighted by atomic mass is 19.4. The van der Waals surface area contributed by atoms with Crippen LogP contribution in [-0.4, -0.2) is 40.2 Å². The first-order chi connectivity index (χ1) is 16.5. The minimum absolute atomic E-state index is 0.0359. The van der Waals surface area contributed by atoms with Crippen LogP contribution >= 0.6 is 0 Å². The van der Waals surface area contributed by atoms with Crippen LogP contribution in [0, 0.1) is 0 Å². The third-order valence-electron chi connectivity index (χ3n) is 6.22. The van der Waals surface area contributed by atoms with E-state index < -0.39 is 30.8 Å². The average Bonchev–Trinajstić information content (AvgIpc) is 3.23. The zero-order chi connectivity index (χ0) is 25.3. The zero-order valence-corrected chi connectivity index (χ0v) is 19.3. The second kappa shape index (κ2) is 9.19. The van der Waals surface area contributed by atoms with Crippen LogP contribution in [0.15, 0.2) is 90.0 Å². The largest absolute Gasteiger partial charge is 0.484 e. The first kappa shape index (κ1) is 24.5. The summed E-state index contributed by atoms with van der Waals surface area (Å²) in [5.74, 6) is -0.794. The Morgan fingerprint density at radius 3 is 2.06 bits per heavy atom. The molecule has 0 bridgehead atoms. The molecule has 0 spiro atoms. The molecule has 1 atom stereocenters. The van der Waals surface area contributed by atoms with Crippen LogP contribution in [0.25, 0.3) is 0 Å². The van der Waals surface area contributed by atoms with Crippen molar-refractivity contribution in [3.05, 3.63) is 102 Å². The summed E-state index contributed by atoms with van der Waals surface area (Å²) in [4.78, 5) is 12.7. The Morgan fingerprint density at radius 1 is 0.943 bits per heavy atom. The highest BCUT2D eigenvalue weighted by Crippen LogP contribution is 2.41. The van der Waals surface area contributed by atoms with E-state index in [4.69, 9.17) is 4.74 Å². The topological polar surface area (TPSA) is 62.1 Å². The summed E-state index contributed by atoms with van der Waals surface area (Å²) in [6, 6.07) is 25.1. The SMILES string of the molecule is CC(C)(c1ccccc1)c1ccc(OCC(=O)N2N=C(c3ccccc3)CC2(O)C(F)(F)F)cc1. The maximum absolute atomic E-state index is 13.7. The summed E-state index contributed by atoms with van der Waals surface area (Å²) >= 11 is 0. The second-order valence-corrected chi connectivity index (χ2v) is 8.91. The van der Waals surface area contributed by atoms with E-state index in [-0.39, 0.29) is 16.1 Å². The Bertz CT molecular complexity index is 1210. The van der Waals surface area contributed by atoms with Gasteiger partial charge >= 0.3 is 6.18 Å². The second-order valence-electron chi connectivity index (χ2n) is 8.91. The number of carbonyl (C=O) groups is 1. The molecular weight excluding hydrogens is 457 g/mol. The smallest absolute Gasteiger partial charge is 0.438 e. The molecule has 0 fully saturated rings. The van der Waals surface area contributed by atoms with Crippen LogP contribution in [0.3, 0.4) is 0 Å². The molecule has 1 aliphatic heterocycles. The van der Waals surface area contributed by atoms with Crippen LogP contribution in [0.4, 0.5) is 13.2 Å². The van der Waals surface area contributed by atoms with Gasteiger partial charge in [0.15, 0.2) is 6.61 Å². The van der Waals surface area contributed by atoms with Crippen LogP contribution in [0.1, 0.15) is 37.0 Å². The molecule has 3 aromatic rings. The van der Waals surface area contributed by atoms with Gasteiger partial charge in [0.05, 0.1) is 12.1 Å². The lowest BCUT2D eigenvalue weighted by molar-refractivity contribution is -0.302. The standard InChI is InChI=1S/C27H25F3N2O3/c1-25(2,20-11-7-4-8-12-20)21-13-15-22(16-14-21)35-18-24(33)32-26(34,27(28,29)30)17-23(31-32)19-9-5-3-6-10-19/h3-16,34H,17-18H2,1-2H3. The van der Waals surface area contributed by atoms with Crippen molar-refractivity contribution in [1.82, 2.24) is 5.01 Å². The van der Waals surface area contributed by atoms with Crippen molar-refractivity contribution in [2.45, 2.75) is 37.6 Å². The molecular formula is C27H25F3N2O3. The van der Waals surface area contributed by atoms with Crippen molar-refractivity contribution in [3.63, 3.8) is 0 Å². The van der Waals surface area contributed by atoms with E-state index in [1.165, 1.54) is 0 Å². The number of hydrazone groups is 1. The van der Waals surface area contributed by atoms with Gasteiger partial charge in [0.1, 0.15) is 5.75 Å². The van der Waals surface area contributed by atoms with Crippen molar-refractivity contribution in [1.29, 1.82) is 0 Å². The number of ether oxygens (including phenoxy) is 1. The number of benzene rings is 3. The van der Waals surface area contributed by atoms with Crippen molar-refractivity contribution in [2.75, 3.05) is 6.61 Å². The van der Waals surface area contributed by atoms with Crippen LogP contribution < -0.4 is 4.74 Å². The predicted molar refractivity (Wildman–Crippen MR) is 126 cm³/mol. The van der Waals surface area contributed by atoms with Gasteiger partial charge in [0.2, 0.25) is 0 Å². The van der Waals surface area contributed by atoms with Gasteiger partial charge in [-0.05, 0) is 28.8 Å². The number of hydrogen-bond acceptors (Lipinski definition) is 4. The van der Waals surface area contributed by atoms with Crippen molar-refractivity contribution in [2.24, 2.45) is 5.10 Å². The Hall–Kier alpha value is -3.65. The van der Waals surface area contributed by atoms with Gasteiger partial charge in [-0.25, -0.2) is 0 Å². The monoisotopic (exact) mass is 482 g/mol. The van der Waals surface area contributed by atoms with E-state index in [9.17, 15) is 23.1 Å². The number of nitrogens with zero attached hydrogens (tertiary/aromatic N) is 2. The Kier molecular flexibility index (Phi) is 6.42. The molecule has 0 saturated carbocycles. The first-order valence-electron chi connectivity index (χ1n) is 11.1. The van der Waals surface area contributed by atoms with Crippen LogP contribution in [0.5, 0.6) is 5.75 Å². The van der Waals surface area contributed by atoms with Crippen molar-refractivity contribution >= 4 is 11.6 Å². The molecule has 35 heavy (non-hydrogen) atoms. The number of amides is 1. The minimum atomic E-state index is -5.10. The fraction of sp³-hybridized carbons (Fsp3) is 0.259. The molecule has 3 aromatic carbocycles. The van der Waals surface area contributed by atoms with Gasteiger partial charge in [-0.15, -0.1) is 0 Å². The molecule has 1 amide bonds. The predicted octanol–water partition coefficient (Wildman–Crippen LogP) is 5.28. The van der Waals surface area contributed by atoms with Crippen molar-refractivity contribution < 1.29 is 27.8 Å². The lowest BCUT2D eigenvalue weighted by Crippen LogP contribution is -2.57. The molecule has 1 unspecified atom stereocenters. The van der Waals surface area contributed by atoms with Gasteiger partial charge in [0.25, 0.3) is 11.6 Å². The Balaban J connectivity index is 1.49. The molecule has 8 heteroatoms. The Morgan fingerprint density at radius 2 is 1.49 bits per heavy atom. The highest BCUT2D eigenvalue weighted by molar-refractivity contribution is 6.03. The summed E-state index contributed by atoms with van der Waals surface area (Å²) in [7, 11) is 0. The number of carbonyl (C=O) groups excluding carboxylic acids is 1. The number of aliphatic hydroxyl groups is 1. The van der Waals surface area contributed by atoms with Gasteiger partial charge < -0.3 is 9.84 Å². The molecule has 1 aliphatic rings. The summed E-state index contributed by atoms with van der Waals surface area (Å²) in [5.41, 5.74) is -1.24. The van der Waals surface area contributed by atoms with E-state index in [1.807, 2.05) is 42.5 Å². The number of hydrogen-bond donors (Lipinski definition) is 1. The maximum atomic E-state index is 13.7. The number of halogens is 3. The quantitative estimate of drug-likeness (QED) is 0.520. The molecule has 0 saturated heterocycles. The third-order valence-corrected chi connectivity index (χ3v) is 6.22. The van der Waals surface area contributed by atoms with Crippen LogP contribution in [-0.2, 0) is 10.2 Å². The highest BCUT2D eigenvalue weighted by Gasteiger charge is 2.63. The van der Waals surface area contributed by atoms with Gasteiger partial charge in [0, 0.05) is 5.41 Å². The lowest BCUT2D eigenvalue weighted by Gasteiger charge is -2.32. The molecule has 182 valence electrons. The average molecular weight is 483 g/mol. The summed E-state index contributed by atoms with van der Waals surface area (Å²) in [6.07, 6.45) is -5.97. The van der Waals surface area contributed by atoms with Gasteiger partial charge in [-0.1, -0.05) is 86.6 Å². The molecule has 1 heterocycles. The molecule has 0 aromatic heterocycles. The normalized spacial score (nSPS) is 18.3. The molecule has 5 nitrogen and oxygen atoms in total. The van der Waals surface area contributed by atoms with E-state index in [1.54, 1.807) is 42.5 Å². The maximum Gasteiger partial charge on any atom is 0.438 e. The van der Waals surface area contributed by atoms with Gasteiger partial charge in [-0.3, -0.25) is 4.79 Å². The number of alkyl halides is 3. The van der Waals surface area contributed by atoms with E-state index in [0.717, 1.165) is 11.1 Å². The van der Waals surface area contributed by atoms with Gasteiger partial charge in [-0.2, -0.15) is 23.3 Å². The minimum Gasteiger partial charge on any atom is -0.484 e.